The second-order valence-electron chi connectivity index (χ2n) is 5.93. The molecule has 0 saturated carbocycles. The van der Waals surface area contributed by atoms with Crippen molar-refractivity contribution in [2.45, 2.75) is 13.3 Å². The normalized spacial score (nSPS) is 16.0. The van der Waals surface area contributed by atoms with E-state index < -0.39 is 4.92 Å². The summed E-state index contributed by atoms with van der Waals surface area (Å²) in [6.07, 6.45) is 0.922. The fraction of sp³-hybridized carbons (Fsp3) is 0.562. The molecule has 0 N–H and O–H groups in total. The van der Waals surface area contributed by atoms with Crippen molar-refractivity contribution in [1.29, 1.82) is 0 Å². The van der Waals surface area contributed by atoms with Gasteiger partial charge in [0.15, 0.2) is 0 Å². The fourth-order valence-electron chi connectivity index (χ4n) is 2.86. The largest absolute Gasteiger partial charge is 0.377 e. The van der Waals surface area contributed by atoms with Crippen LogP contribution < -0.4 is 4.90 Å². The molecule has 1 heterocycles. The summed E-state index contributed by atoms with van der Waals surface area (Å²) in [6, 6.07) is 4.47. The Hall–Kier alpha value is -2.15. The summed E-state index contributed by atoms with van der Waals surface area (Å²) in [5.41, 5.74) is 1.05. The van der Waals surface area contributed by atoms with Gasteiger partial charge >= 0.3 is 0 Å². The third-order valence-electron chi connectivity index (χ3n) is 4.23. The predicted octanol–water partition coefficient (Wildman–Crippen LogP) is 1.83. The SMILES string of the molecule is CCN1CCCN(C(=O)c2cc([N+](=O)[O-])ccc2N(C)C)CC1. The maximum absolute atomic E-state index is 12.9. The topological polar surface area (TPSA) is 69.9 Å². The minimum absolute atomic E-state index is 0.0519. The van der Waals surface area contributed by atoms with Crippen molar-refractivity contribution in [2.24, 2.45) is 0 Å². The Morgan fingerprint density at radius 1 is 1.26 bits per heavy atom. The lowest BCUT2D eigenvalue weighted by Crippen LogP contribution is -2.35. The van der Waals surface area contributed by atoms with Crippen LogP contribution in [0.3, 0.4) is 0 Å². The molecule has 0 unspecified atom stereocenters. The van der Waals surface area contributed by atoms with Gasteiger partial charge in [-0.1, -0.05) is 6.92 Å². The van der Waals surface area contributed by atoms with Crippen molar-refractivity contribution < 1.29 is 9.72 Å². The number of hydrogen-bond acceptors (Lipinski definition) is 5. The molecule has 1 aromatic carbocycles. The summed E-state index contributed by atoms with van der Waals surface area (Å²) >= 11 is 0. The van der Waals surface area contributed by atoms with E-state index in [-0.39, 0.29) is 11.6 Å². The van der Waals surface area contributed by atoms with E-state index in [9.17, 15) is 14.9 Å². The zero-order valence-electron chi connectivity index (χ0n) is 14.0. The first-order valence-corrected chi connectivity index (χ1v) is 7.91. The van der Waals surface area contributed by atoms with Gasteiger partial charge in [-0.15, -0.1) is 0 Å². The van der Waals surface area contributed by atoms with E-state index in [0.29, 0.717) is 24.3 Å². The van der Waals surface area contributed by atoms with Gasteiger partial charge in [0.25, 0.3) is 11.6 Å². The molecule has 23 heavy (non-hydrogen) atoms. The Morgan fingerprint density at radius 2 is 2.00 bits per heavy atom. The second-order valence-corrected chi connectivity index (χ2v) is 5.93. The van der Waals surface area contributed by atoms with Gasteiger partial charge in [0, 0.05) is 51.5 Å². The molecule has 1 amide bonds. The summed E-state index contributed by atoms with van der Waals surface area (Å²) in [5.74, 6) is -0.129. The molecule has 0 aromatic heterocycles. The van der Waals surface area contributed by atoms with Gasteiger partial charge in [-0.3, -0.25) is 14.9 Å². The third-order valence-corrected chi connectivity index (χ3v) is 4.23. The van der Waals surface area contributed by atoms with E-state index in [4.69, 9.17) is 0 Å². The molecule has 2 rings (SSSR count). The molecule has 1 saturated heterocycles. The molecule has 1 aliphatic heterocycles. The molecule has 1 aromatic rings. The lowest BCUT2D eigenvalue weighted by molar-refractivity contribution is -0.384. The van der Waals surface area contributed by atoms with Gasteiger partial charge in [0.1, 0.15) is 0 Å². The quantitative estimate of drug-likeness (QED) is 0.625. The maximum Gasteiger partial charge on any atom is 0.270 e. The third kappa shape index (κ3) is 3.98. The Kier molecular flexibility index (Phi) is 5.54. The molecule has 1 fully saturated rings. The number of hydrogen-bond donors (Lipinski definition) is 0. The van der Waals surface area contributed by atoms with Gasteiger partial charge in [-0.05, 0) is 25.6 Å². The molecule has 7 nitrogen and oxygen atoms in total. The summed E-state index contributed by atoms with van der Waals surface area (Å²) in [4.78, 5) is 29.4. The van der Waals surface area contributed by atoms with Crippen molar-refractivity contribution in [1.82, 2.24) is 9.80 Å². The number of benzene rings is 1. The average molecular weight is 320 g/mol. The average Bonchev–Trinajstić information content (AvgIpc) is 2.78. The molecule has 0 aliphatic carbocycles. The molecule has 1 aliphatic rings. The van der Waals surface area contributed by atoms with Gasteiger partial charge < -0.3 is 14.7 Å². The van der Waals surface area contributed by atoms with Gasteiger partial charge in [-0.25, -0.2) is 0 Å². The lowest BCUT2D eigenvalue weighted by Gasteiger charge is -2.24. The standard InChI is InChI=1S/C16H24N4O3/c1-4-18-8-5-9-19(11-10-18)16(21)14-12-13(20(22)23)6-7-15(14)17(2)3/h6-7,12H,4-5,8-11H2,1-3H3. The minimum Gasteiger partial charge on any atom is -0.377 e. The number of anilines is 1. The zero-order chi connectivity index (χ0) is 17.0. The highest BCUT2D eigenvalue weighted by molar-refractivity contribution is 6.00. The van der Waals surface area contributed by atoms with Crippen LogP contribution >= 0.6 is 0 Å². The highest BCUT2D eigenvalue weighted by atomic mass is 16.6. The number of carbonyl (C=O) groups excluding carboxylic acids is 1. The van der Waals surface area contributed by atoms with Crippen molar-refractivity contribution in [3.63, 3.8) is 0 Å². The van der Waals surface area contributed by atoms with Crippen LogP contribution in [-0.4, -0.2) is 67.4 Å². The van der Waals surface area contributed by atoms with Crippen molar-refractivity contribution in [2.75, 3.05) is 51.7 Å². The summed E-state index contributed by atoms with van der Waals surface area (Å²) in [6.45, 7) is 6.25. The van der Waals surface area contributed by atoms with Crippen LogP contribution in [0.15, 0.2) is 18.2 Å². The van der Waals surface area contributed by atoms with E-state index in [1.54, 1.807) is 6.07 Å². The van der Waals surface area contributed by atoms with Crippen molar-refractivity contribution in [3.05, 3.63) is 33.9 Å². The first kappa shape index (κ1) is 17.2. The first-order valence-electron chi connectivity index (χ1n) is 7.91. The number of nitro benzene ring substituents is 1. The molecule has 0 atom stereocenters. The predicted molar refractivity (Wildman–Crippen MR) is 90.1 cm³/mol. The smallest absolute Gasteiger partial charge is 0.270 e. The van der Waals surface area contributed by atoms with Crippen LogP contribution in [0, 0.1) is 10.1 Å². The Morgan fingerprint density at radius 3 is 2.61 bits per heavy atom. The highest BCUT2D eigenvalue weighted by Crippen LogP contribution is 2.26. The molecular weight excluding hydrogens is 296 g/mol. The molecular formula is C16H24N4O3. The molecule has 7 heteroatoms. The Labute approximate surface area is 136 Å². The molecule has 126 valence electrons. The fourth-order valence-corrected chi connectivity index (χ4v) is 2.86. The molecule has 0 radical (unpaired) electrons. The summed E-state index contributed by atoms with van der Waals surface area (Å²) in [7, 11) is 3.67. The number of amides is 1. The van der Waals surface area contributed by atoms with Crippen LogP contribution in [0.1, 0.15) is 23.7 Å². The number of rotatable bonds is 4. The van der Waals surface area contributed by atoms with E-state index in [2.05, 4.69) is 11.8 Å². The van der Waals surface area contributed by atoms with Crippen LogP contribution in [0.4, 0.5) is 11.4 Å². The zero-order valence-corrected chi connectivity index (χ0v) is 14.0. The van der Waals surface area contributed by atoms with Gasteiger partial charge in [0.2, 0.25) is 0 Å². The summed E-state index contributed by atoms with van der Waals surface area (Å²) in [5, 5.41) is 11.0. The van der Waals surface area contributed by atoms with Crippen LogP contribution in [0.5, 0.6) is 0 Å². The van der Waals surface area contributed by atoms with E-state index >= 15 is 0 Å². The van der Waals surface area contributed by atoms with Gasteiger partial charge in [0.05, 0.1) is 10.5 Å². The Bertz CT molecular complexity index is 589. The van der Waals surface area contributed by atoms with Crippen molar-refractivity contribution >= 4 is 17.3 Å². The van der Waals surface area contributed by atoms with E-state index in [1.807, 2.05) is 23.9 Å². The van der Waals surface area contributed by atoms with E-state index in [0.717, 1.165) is 26.1 Å². The number of carbonyl (C=O) groups is 1. The number of nitro groups is 1. The highest BCUT2D eigenvalue weighted by Gasteiger charge is 2.24. The minimum atomic E-state index is -0.461. The number of nitrogens with zero attached hydrogens (tertiary/aromatic N) is 4. The number of non-ortho nitro benzene ring substituents is 1. The number of likely N-dealkylation sites (N-methyl/N-ethyl adjacent to an activating group) is 1. The lowest BCUT2D eigenvalue weighted by atomic mass is 10.1. The van der Waals surface area contributed by atoms with Crippen LogP contribution in [0.2, 0.25) is 0 Å². The maximum atomic E-state index is 12.9. The second kappa shape index (κ2) is 7.41. The molecule has 0 spiro atoms. The van der Waals surface area contributed by atoms with E-state index in [1.165, 1.54) is 12.1 Å². The van der Waals surface area contributed by atoms with Crippen molar-refractivity contribution in [3.8, 4) is 0 Å². The van der Waals surface area contributed by atoms with Gasteiger partial charge in [-0.2, -0.15) is 0 Å². The van der Waals surface area contributed by atoms with Crippen LogP contribution in [0.25, 0.3) is 0 Å². The monoisotopic (exact) mass is 320 g/mol. The summed E-state index contributed by atoms with van der Waals surface area (Å²) < 4.78 is 0. The van der Waals surface area contributed by atoms with Crippen LogP contribution in [-0.2, 0) is 0 Å². The molecule has 0 bridgehead atoms. The first-order chi connectivity index (χ1) is 10.9. The Balaban J connectivity index is 2.29.